The molecule has 1 heterocycles. The fraction of sp³-hybridized carbons (Fsp3) is 0.571. The fourth-order valence-corrected chi connectivity index (χ4v) is 2.13. The van der Waals surface area contributed by atoms with E-state index >= 15 is 0 Å². The van der Waals surface area contributed by atoms with Crippen LogP contribution in [-0.4, -0.2) is 24.4 Å². The quantitative estimate of drug-likeness (QED) is 0.869. The average molecular weight is 257 g/mol. The van der Waals surface area contributed by atoms with Crippen LogP contribution in [0.3, 0.4) is 0 Å². The van der Waals surface area contributed by atoms with Crippen molar-refractivity contribution in [1.29, 1.82) is 0 Å². The van der Waals surface area contributed by atoms with Gasteiger partial charge in [0, 0.05) is 18.3 Å². The molecule has 0 fully saturated rings. The van der Waals surface area contributed by atoms with E-state index in [4.69, 9.17) is 0 Å². The van der Waals surface area contributed by atoms with Crippen molar-refractivity contribution in [2.45, 2.75) is 24.9 Å². The van der Waals surface area contributed by atoms with Gasteiger partial charge in [-0.2, -0.15) is 18.3 Å². The number of primary sulfonamides is 1. The predicted molar refractivity (Wildman–Crippen MR) is 49.8 cm³/mol. The molecular weight excluding hydrogens is 247 g/mol. The van der Waals surface area contributed by atoms with Gasteiger partial charge >= 0.3 is 6.18 Å². The summed E-state index contributed by atoms with van der Waals surface area (Å²) in [6.07, 6.45) is -3.08. The lowest BCUT2D eigenvalue weighted by molar-refractivity contribution is -0.131. The molecule has 92 valence electrons. The zero-order valence-electron chi connectivity index (χ0n) is 8.27. The number of aromatic nitrogens is 2. The minimum atomic E-state index is -4.95. The van der Waals surface area contributed by atoms with E-state index in [0.29, 0.717) is 6.54 Å². The van der Waals surface area contributed by atoms with E-state index in [1.165, 1.54) is 4.68 Å². The Morgan fingerprint density at radius 3 is 2.44 bits per heavy atom. The second kappa shape index (κ2) is 4.06. The van der Waals surface area contributed by atoms with Crippen molar-refractivity contribution >= 4 is 10.0 Å². The van der Waals surface area contributed by atoms with Gasteiger partial charge < -0.3 is 0 Å². The summed E-state index contributed by atoms with van der Waals surface area (Å²) in [4.78, 5) is 0. The van der Waals surface area contributed by atoms with Gasteiger partial charge in [-0.05, 0) is 6.92 Å². The molecule has 1 atom stereocenters. The molecule has 1 aromatic heterocycles. The maximum absolute atomic E-state index is 12.5. The predicted octanol–water partition coefficient (Wildman–Crippen LogP) is 0.795. The maximum atomic E-state index is 12.5. The van der Waals surface area contributed by atoms with E-state index in [1.54, 1.807) is 6.92 Å². The van der Waals surface area contributed by atoms with Crippen molar-refractivity contribution in [1.82, 2.24) is 9.78 Å². The van der Waals surface area contributed by atoms with E-state index in [9.17, 15) is 21.6 Å². The molecule has 0 aliphatic heterocycles. The molecule has 0 saturated heterocycles. The Hall–Kier alpha value is -1.09. The Labute approximate surface area is 90.1 Å². The summed E-state index contributed by atoms with van der Waals surface area (Å²) >= 11 is 0. The standard InChI is InChI=1S/C7H10F3N3O2S/c1-2-13-4-5(3-12-13)6(7(8,9)10)16(11,14)15/h3-4,6H,2H2,1H3,(H2,11,14,15). The molecule has 2 N–H and O–H groups in total. The number of halogens is 3. The third kappa shape index (κ3) is 2.73. The number of nitrogens with two attached hydrogens (primary N) is 1. The molecule has 0 aliphatic carbocycles. The molecule has 16 heavy (non-hydrogen) atoms. The zero-order chi connectivity index (χ0) is 12.6. The number of rotatable bonds is 3. The Bertz CT molecular complexity index is 465. The lowest BCUT2D eigenvalue weighted by Gasteiger charge is -2.16. The highest BCUT2D eigenvalue weighted by atomic mass is 32.2. The van der Waals surface area contributed by atoms with Gasteiger partial charge in [-0.15, -0.1) is 0 Å². The van der Waals surface area contributed by atoms with Crippen molar-refractivity contribution in [3.05, 3.63) is 18.0 Å². The maximum Gasteiger partial charge on any atom is 0.410 e. The summed E-state index contributed by atoms with van der Waals surface area (Å²) < 4.78 is 60.5. The van der Waals surface area contributed by atoms with Gasteiger partial charge in [0.05, 0.1) is 6.20 Å². The first kappa shape index (κ1) is 13.0. The Kier molecular flexibility index (Phi) is 3.29. The summed E-state index contributed by atoms with van der Waals surface area (Å²) in [5, 5.41) is 5.42. The normalized spacial score (nSPS) is 15.1. The molecule has 0 spiro atoms. The first-order valence-electron chi connectivity index (χ1n) is 4.27. The molecule has 9 heteroatoms. The van der Waals surface area contributed by atoms with Crippen molar-refractivity contribution in [2.75, 3.05) is 0 Å². The van der Waals surface area contributed by atoms with E-state index < -0.39 is 27.0 Å². The van der Waals surface area contributed by atoms with Crippen LogP contribution in [0.15, 0.2) is 12.4 Å². The van der Waals surface area contributed by atoms with Crippen LogP contribution in [0.25, 0.3) is 0 Å². The van der Waals surface area contributed by atoms with Gasteiger partial charge in [0.25, 0.3) is 0 Å². The van der Waals surface area contributed by atoms with Gasteiger partial charge in [0.15, 0.2) is 5.25 Å². The molecular formula is C7H10F3N3O2S. The Morgan fingerprint density at radius 2 is 2.12 bits per heavy atom. The van der Waals surface area contributed by atoms with E-state index in [1.807, 2.05) is 0 Å². The molecule has 1 rings (SSSR count). The molecule has 0 radical (unpaired) electrons. The van der Waals surface area contributed by atoms with Crippen LogP contribution >= 0.6 is 0 Å². The molecule has 0 saturated carbocycles. The van der Waals surface area contributed by atoms with Crippen LogP contribution in [0, 0.1) is 0 Å². The number of aryl methyl sites for hydroxylation is 1. The lowest BCUT2D eigenvalue weighted by atomic mass is 10.2. The fourth-order valence-electron chi connectivity index (χ4n) is 1.25. The van der Waals surface area contributed by atoms with Crippen LogP contribution in [-0.2, 0) is 16.6 Å². The second-order valence-corrected chi connectivity index (χ2v) is 4.79. The van der Waals surface area contributed by atoms with Crippen LogP contribution in [0.2, 0.25) is 0 Å². The SMILES string of the molecule is CCn1cc(C(C(F)(F)F)S(N)(=O)=O)cn1. The highest BCUT2D eigenvalue weighted by Gasteiger charge is 2.49. The monoisotopic (exact) mass is 257 g/mol. The van der Waals surface area contributed by atoms with Gasteiger partial charge in [-0.25, -0.2) is 13.6 Å². The smallest absolute Gasteiger partial charge is 0.273 e. The third-order valence-electron chi connectivity index (χ3n) is 1.91. The summed E-state index contributed by atoms with van der Waals surface area (Å²) in [5.74, 6) is 0. The number of nitrogens with zero attached hydrogens (tertiary/aromatic N) is 2. The highest BCUT2D eigenvalue weighted by Crippen LogP contribution is 2.37. The van der Waals surface area contributed by atoms with Crippen LogP contribution in [0.5, 0.6) is 0 Å². The molecule has 0 aliphatic rings. The van der Waals surface area contributed by atoms with Gasteiger partial charge in [-0.3, -0.25) is 4.68 Å². The Balaban J connectivity index is 3.23. The molecule has 0 amide bonds. The molecule has 1 unspecified atom stereocenters. The minimum absolute atomic E-state index is 0.342. The largest absolute Gasteiger partial charge is 0.410 e. The summed E-state index contributed by atoms with van der Waals surface area (Å²) in [6, 6.07) is 0. The molecule has 0 aromatic carbocycles. The minimum Gasteiger partial charge on any atom is -0.273 e. The zero-order valence-corrected chi connectivity index (χ0v) is 9.09. The highest BCUT2D eigenvalue weighted by molar-refractivity contribution is 7.89. The van der Waals surface area contributed by atoms with Gasteiger partial charge in [0.2, 0.25) is 10.0 Å². The van der Waals surface area contributed by atoms with Crippen LogP contribution in [0.4, 0.5) is 13.2 Å². The molecule has 5 nitrogen and oxygen atoms in total. The van der Waals surface area contributed by atoms with E-state index in [0.717, 1.165) is 12.4 Å². The summed E-state index contributed by atoms with van der Waals surface area (Å²) in [5.41, 5.74) is -0.475. The average Bonchev–Trinajstić information content (AvgIpc) is 2.47. The van der Waals surface area contributed by atoms with E-state index in [-0.39, 0.29) is 0 Å². The first-order valence-corrected chi connectivity index (χ1v) is 5.88. The van der Waals surface area contributed by atoms with Crippen molar-refractivity contribution in [3.63, 3.8) is 0 Å². The van der Waals surface area contributed by atoms with Gasteiger partial charge in [-0.1, -0.05) is 0 Å². The number of sulfonamides is 1. The first-order chi connectivity index (χ1) is 7.16. The van der Waals surface area contributed by atoms with Crippen LogP contribution < -0.4 is 5.14 Å². The van der Waals surface area contributed by atoms with Crippen molar-refractivity contribution in [3.8, 4) is 0 Å². The lowest BCUT2D eigenvalue weighted by Crippen LogP contribution is -2.33. The summed E-state index contributed by atoms with van der Waals surface area (Å²) in [7, 11) is -4.75. The molecule has 1 aromatic rings. The second-order valence-electron chi connectivity index (χ2n) is 3.14. The third-order valence-corrected chi connectivity index (χ3v) is 3.10. The van der Waals surface area contributed by atoms with E-state index in [2.05, 4.69) is 10.2 Å². The number of alkyl halides is 3. The van der Waals surface area contributed by atoms with Crippen LogP contribution in [0.1, 0.15) is 17.7 Å². The Morgan fingerprint density at radius 1 is 1.56 bits per heavy atom. The topological polar surface area (TPSA) is 78.0 Å². The van der Waals surface area contributed by atoms with Crippen molar-refractivity contribution < 1.29 is 21.6 Å². The number of hydrogen-bond acceptors (Lipinski definition) is 3. The number of hydrogen-bond donors (Lipinski definition) is 1. The van der Waals surface area contributed by atoms with Crippen molar-refractivity contribution in [2.24, 2.45) is 5.14 Å². The summed E-state index contributed by atoms with van der Waals surface area (Å²) in [6.45, 7) is 2.01. The van der Waals surface area contributed by atoms with Gasteiger partial charge in [0.1, 0.15) is 0 Å². The molecule has 0 bridgehead atoms.